The number of hydrogen-bond acceptors (Lipinski definition) is 6. The Morgan fingerprint density at radius 3 is 2.71 bits per heavy atom. The molecule has 158 valence electrons. The third kappa shape index (κ3) is 3.58. The van der Waals surface area contributed by atoms with Gasteiger partial charge in [-0.2, -0.15) is 0 Å². The molecule has 2 aromatic heterocycles. The molecule has 0 amide bonds. The Hall–Kier alpha value is -3.23. The van der Waals surface area contributed by atoms with Crippen LogP contribution in [0.25, 0.3) is 26.3 Å². The first-order chi connectivity index (χ1) is 15.0. The van der Waals surface area contributed by atoms with Gasteiger partial charge in [-0.05, 0) is 42.3 Å². The summed E-state index contributed by atoms with van der Waals surface area (Å²) >= 11 is 1.34. The monoisotopic (exact) mass is 437 g/mol. The number of aromatic nitrogens is 2. The van der Waals surface area contributed by atoms with Gasteiger partial charge in [-0.1, -0.05) is 12.1 Å². The number of methoxy groups -OCH3 is 1. The maximum absolute atomic E-state index is 13.2. The van der Waals surface area contributed by atoms with E-state index in [9.17, 15) is 14.3 Å². The number of β-amino-alcohol motifs (C(OH)–C–C–N with tert-alkyl or cyclic N) is 1. The van der Waals surface area contributed by atoms with Crippen molar-refractivity contribution in [3.63, 3.8) is 0 Å². The van der Waals surface area contributed by atoms with Gasteiger partial charge in [0.2, 0.25) is 0 Å². The van der Waals surface area contributed by atoms with Crippen LogP contribution in [0.1, 0.15) is 6.42 Å². The van der Waals surface area contributed by atoms with E-state index in [2.05, 4.69) is 9.88 Å². The van der Waals surface area contributed by atoms with Crippen LogP contribution in [0, 0.1) is 5.82 Å². The molecule has 5 rings (SSSR count). The minimum atomic E-state index is -0.340. The summed E-state index contributed by atoms with van der Waals surface area (Å²) in [7, 11) is 1.59. The molecule has 1 fully saturated rings. The number of fused-ring (bicyclic) bond motifs is 1. The van der Waals surface area contributed by atoms with Crippen LogP contribution in [0.4, 0.5) is 10.1 Å². The highest BCUT2D eigenvalue weighted by Crippen LogP contribution is 2.34. The predicted molar refractivity (Wildman–Crippen MR) is 120 cm³/mol. The number of rotatable bonds is 4. The van der Waals surface area contributed by atoms with Gasteiger partial charge in [-0.15, -0.1) is 11.3 Å². The summed E-state index contributed by atoms with van der Waals surface area (Å²) in [5.74, 6) is 0.336. The summed E-state index contributed by atoms with van der Waals surface area (Å²) in [6.45, 7) is 1.32. The first kappa shape index (κ1) is 19.7. The fourth-order valence-corrected chi connectivity index (χ4v) is 4.94. The van der Waals surface area contributed by atoms with Crippen molar-refractivity contribution in [3.05, 3.63) is 71.0 Å². The fourth-order valence-electron chi connectivity index (χ4n) is 3.89. The van der Waals surface area contributed by atoms with Crippen molar-refractivity contribution in [2.75, 3.05) is 25.1 Å². The van der Waals surface area contributed by atoms with E-state index < -0.39 is 0 Å². The molecule has 4 aromatic rings. The van der Waals surface area contributed by atoms with E-state index in [-0.39, 0.29) is 17.5 Å². The average molecular weight is 437 g/mol. The van der Waals surface area contributed by atoms with Crippen LogP contribution >= 0.6 is 11.3 Å². The van der Waals surface area contributed by atoms with Gasteiger partial charge in [-0.3, -0.25) is 9.36 Å². The third-order valence-electron chi connectivity index (χ3n) is 5.51. The van der Waals surface area contributed by atoms with Gasteiger partial charge in [0.1, 0.15) is 22.6 Å². The molecular weight excluding hydrogens is 417 g/mol. The Labute approximate surface area is 181 Å². The number of halogens is 1. The number of ether oxygens (including phenoxy) is 1. The highest BCUT2D eigenvalue weighted by molar-refractivity contribution is 7.22. The van der Waals surface area contributed by atoms with Crippen molar-refractivity contribution >= 4 is 27.2 Å². The molecule has 6 nitrogen and oxygen atoms in total. The van der Waals surface area contributed by atoms with E-state index in [1.54, 1.807) is 19.2 Å². The molecule has 31 heavy (non-hydrogen) atoms. The minimum Gasteiger partial charge on any atom is -0.495 e. The number of thiophene rings is 1. The molecule has 0 spiro atoms. The van der Waals surface area contributed by atoms with Crippen LogP contribution < -0.4 is 15.2 Å². The van der Waals surface area contributed by atoms with E-state index in [4.69, 9.17) is 4.74 Å². The Morgan fingerprint density at radius 1 is 1.19 bits per heavy atom. The molecular formula is C23H20FN3O3S. The minimum absolute atomic E-state index is 0.172. The SMILES string of the molecule is COc1cc(-n2cnc3cc(-c4ccc(F)cc4)sc3c2=O)ccc1N1CC[C@@H](O)C1. The Morgan fingerprint density at radius 2 is 2.00 bits per heavy atom. The van der Waals surface area contributed by atoms with Gasteiger partial charge in [0.15, 0.2) is 0 Å². The maximum atomic E-state index is 13.2. The molecule has 0 bridgehead atoms. The third-order valence-corrected chi connectivity index (χ3v) is 6.67. The van der Waals surface area contributed by atoms with Gasteiger partial charge >= 0.3 is 0 Å². The van der Waals surface area contributed by atoms with Crippen LogP contribution in [-0.2, 0) is 0 Å². The van der Waals surface area contributed by atoms with Gasteiger partial charge in [-0.25, -0.2) is 9.37 Å². The molecule has 1 aliphatic rings. The van der Waals surface area contributed by atoms with Crippen molar-refractivity contribution in [2.24, 2.45) is 0 Å². The Balaban J connectivity index is 1.55. The smallest absolute Gasteiger partial charge is 0.275 e. The lowest BCUT2D eigenvalue weighted by molar-refractivity contribution is 0.198. The molecule has 0 radical (unpaired) electrons. The summed E-state index contributed by atoms with van der Waals surface area (Å²) in [6, 6.07) is 13.6. The molecule has 0 saturated carbocycles. The van der Waals surface area contributed by atoms with Crippen molar-refractivity contribution in [1.29, 1.82) is 0 Å². The van der Waals surface area contributed by atoms with Crippen molar-refractivity contribution in [3.8, 4) is 21.9 Å². The van der Waals surface area contributed by atoms with E-state index >= 15 is 0 Å². The summed E-state index contributed by atoms with van der Waals surface area (Å²) in [6.07, 6.45) is 1.90. The van der Waals surface area contributed by atoms with Crippen LogP contribution in [0.2, 0.25) is 0 Å². The molecule has 2 aromatic carbocycles. The number of nitrogens with zero attached hydrogens (tertiary/aromatic N) is 3. The summed E-state index contributed by atoms with van der Waals surface area (Å²) in [5.41, 5.74) is 2.82. The van der Waals surface area contributed by atoms with E-state index in [0.717, 1.165) is 29.1 Å². The van der Waals surface area contributed by atoms with E-state index in [1.165, 1.54) is 34.4 Å². The summed E-state index contributed by atoms with van der Waals surface area (Å²) in [4.78, 5) is 20.6. The number of anilines is 1. The molecule has 1 atom stereocenters. The molecule has 8 heteroatoms. The topological polar surface area (TPSA) is 67.6 Å². The van der Waals surface area contributed by atoms with Crippen LogP contribution in [0.3, 0.4) is 0 Å². The zero-order valence-corrected chi connectivity index (χ0v) is 17.6. The number of benzene rings is 2. The van der Waals surface area contributed by atoms with E-state index in [0.29, 0.717) is 28.2 Å². The second kappa shape index (κ2) is 7.79. The van der Waals surface area contributed by atoms with Crippen LogP contribution in [-0.4, -0.2) is 41.0 Å². The van der Waals surface area contributed by atoms with Gasteiger partial charge in [0, 0.05) is 24.0 Å². The van der Waals surface area contributed by atoms with Gasteiger partial charge in [0.05, 0.1) is 30.1 Å². The predicted octanol–water partition coefficient (Wildman–Crippen LogP) is 3.83. The lowest BCUT2D eigenvalue weighted by Gasteiger charge is -2.21. The number of aliphatic hydroxyl groups is 1. The highest BCUT2D eigenvalue weighted by Gasteiger charge is 2.23. The summed E-state index contributed by atoms with van der Waals surface area (Å²) in [5, 5.41) is 9.84. The van der Waals surface area contributed by atoms with Gasteiger partial charge in [0.25, 0.3) is 5.56 Å². The highest BCUT2D eigenvalue weighted by atomic mass is 32.1. The second-order valence-electron chi connectivity index (χ2n) is 7.50. The number of aliphatic hydroxyl groups excluding tert-OH is 1. The van der Waals surface area contributed by atoms with Crippen molar-refractivity contribution < 1.29 is 14.2 Å². The van der Waals surface area contributed by atoms with Crippen molar-refractivity contribution in [2.45, 2.75) is 12.5 Å². The molecule has 1 saturated heterocycles. The lowest BCUT2D eigenvalue weighted by atomic mass is 10.2. The summed E-state index contributed by atoms with van der Waals surface area (Å²) < 4.78 is 20.8. The Kier molecular flexibility index (Phi) is 4.95. The quantitative estimate of drug-likeness (QED) is 0.526. The maximum Gasteiger partial charge on any atom is 0.275 e. The largest absolute Gasteiger partial charge is 0.495 e. The first-order valence-corrected chi connectivity index (χ1v) is 10.7. The fraction of sp³-hybridized carbons (Fsp3) is 0.217. The first-order valence-electron chi connectivity index (χ1n) is 9.92. The Bertz CT molecular complexity index is 1320. The zero-order chi connectivity index (χ0) is 21.5. The molecule has 1 N–H and O–H groups in total. The lowest BCUT2D eigenvalue weighted by Crippen LogP contribution is -2.22. The molecule has 3 heterocycles. The molecule has 0 unspecified atom stereocenters. The van der Waals surface area contributed by atoms with Gasteiger partial charge < -0.3 is 14.7 Å². The average Bonchev–Trinajstić information content (AvgIpc) is 3.41. The van der Waals surface area contributed by atoms with Crippen LogP contribution in [0.5, 0.6) is 5.75 Å². The molecule has 1 aliphatic heterocycles. The van der Waals surface area contributed by atoms with E-state index in [1.807, 2.05) is 24.3 Å². The zero-order valence-electron chi connectivity index (χ0n) is 16.8. The molecule has 0 aliphatic carbocycles. The number of hydrogen-bond donors (Lipinski definition) is 1. The second-order valence-corrected chi connectivity index (χ2v) is 8.55. The van der Waals surface area contributed by atoms with Crippen LogP contribution in [0.15, 0.2) is 59.7 Å². The standard InChI is InChI=1S/C23H20FN3O3S/c1-30-20-10-16(6-7-19(20)26-9-8-17(28)12-26)27-13-25-18-11-21(31-22(18)23(27)29)14-2-4-15(24)5-3-14/h2-7,10-11,13,17,28H,8-9,12H2,1H3/t17-/m1/s1. The normalized spacial score (nSPS) is 16.2. The van der Waals surface area contributed by atoms with Crippen molar-refractivity contribution in [1.82, 2.24) is 9.55 Å².